The van der Waals surface area contributed by atoms with Crippen molar-refractivity contribution < 1.29 is 9.90 Å². The standard InChI is InChI=1S/C13H19NO2/c1-8-5-9(11(14)12(15)16)7-10(6-8)13(2,3)4/h5-7,11H,14H2,1-4H3,(H,15,16). The summed E-state index contributed by atoms with van der Waals surface area (Å²) in [5.41, 5.74) is 8.43. The number of aliphatic carboxylic acids is 1. The molecule has 0 aromatic heterocycles. The van der Waals surface area contributed by atoms with E-state index in [1.807, 2.05) is 19.1 Å². The Hall–Kier alpha value is -1.35. The van der Waals surface area contributed by atoms with Crippen LogP contribution in [0, 0.1) is 6.92 Å². The van der Waals surface area contributed by atoms with Gasteiger partial charge in [-0.15, -0.1) is 0 Å². The zero-order chi connectivity index (χ0) is 12.5. The van der Waals surface area contributed by atoms with Gasteiger partial charge in [0.05, 0.1) is 0 Å². The highest BCUT2D eigenvalue weighted by molar-refractivity contribution is 5.75. The van der Waals surface area contributed by atoms with E-state index in [-0.39, 0.29) is 5.41 Å². The molecule has 1 rings (SSSR count). The molecule has 1 aromatic rings. The maximum absolute atomic E-state index is 10.8. The third-order valence-corrected chi connectivity index (χ3v) is 2.59. The van der Waals surface area contributed by atoms with E-state index in [4.69, 9.17) is 10.8 Å². The van der Waals surface area contributed by atoms with E-state index in [2.05, 4.69) is 26.8 Å². The van der Waals surface area contributed by atoms with Crippen LogP contribution in [0.25, 0.3) is 0 Å². The molecule has 3 nitrogen and oxygen atoms in total. The number of hydrogen-bond donors (Lipinski definition) is 2. The first-order valence-corrected chi connectivity index (χ1v) is 5.32. The predicted molar refractivity (Wildman–Crippen MR) is 64.4 cm³/mol. The second-order valence-electron chi connectivity index (χ2n) is 5.20. The molecule has 3 heteroatoms. The maximum Gasteiger partial charge on any atom is 0.325 e. The van der Waals surface area contributed by atoms with Crippen molar-refractivity contribution in [2.75, 3.05) is 0 Å². The van der Waals surface area contributed by atoms with Gasteiger partial charge in [0.15, 0.2) is 0 Å². The molecule has 0 fully saturated rings. The molecule has 0 spiro atoms. The van der Waals surface area contributed by atoms with Crippen LogP contribution in [0.15, 0.2) is 18.2 Å². The highest BCUT2D eigenvalue weighted by atomic mass is 16.4. The van der Waals surface area contributed by atoms with Crippen LogP contribution >= 0.6 is 0 Å². The molecular formula is C13H19NO2. The van der Waals surface area contributed by atoms with Gasteiger partial charge in [0, 0.05) is 0 Å². The van der Waals surface area contributed by atoms with E-state index in [1.54, 1.807) is 0 Å². The van der Waals surface area contributed by atoms with Crippen molar-refractivity contribution >= 4 is 5.97 Å². The van der Waals surface area contributed by atoms with Gasteiger partial charge < -0.3 is 10.8 Å². The molecule has 88 valence electrons. The minimum absolute atomic E-state index is 0.000999. The molecule has 0 aliphatic carbocycles. The number of nitrogens with two attached hydrogens (primary N) is 1. The Balaban J connectivity index is 3.23. The van der Waals surface area contributed by atoms with Gasteiger partial charge in [0.25, 0.3) is 0 Å². The fraction of sp³-hybridized carbons (Fsp3) is 0.462. The van der Waals surface area contributed by atoms with E-state index in [9.17, 15) is 4.79 Å². The van der Waals surface area contributed by atoms with Crippen LogP contribution in [-0.2, 0) is 10.2 Å². The van der Waals surface area contributed by atoms with Crippen LogP contribution in [0.1, 0.15) is 43.5 Å². The average Bonchev–Trinajstić information content (AvgIpc) is 2.14. The highest BCUT2D eigenvalue weighted by Crippen LogP contribution is 2.26. The topological polar surface area (TPSA) is 63.3 Å². The molecule has 0 heterocycles. The SMILES string of the molecule is Cc1cc(C(N)C(=O)O)cc(C(C)(C)C)c1. The molecule has 16 heavy (non-hydrogen) atoms. The fourth-order valence-electron chi connectivity index (χ4n) is 1.57. The summed E-state index contributed by atoms with van der Waals surface area (Å²) in [4.78, 5) is 10.8. The van der Waals surface area contributed by atoms with Crippen LogP contribution in [0.4, 0.5) is 0 Å². The monoisotopic (exact) mass is 221 g/mol. The summed E-state index contributed by atoms with van der Waals surface area (Å²) in [5.74, 6) is -0.995. The lowest BCUT2D eigenvalue weighted by Gasteiger charge is -2.21. The number of carbonyl (C=O) groups is 1. The molecule has 0 aliphatic rings. The van der Waals surface area contributed by atoms with Gasteiger partial charge >= 0.3 is 5.97 Å². The summed E-state index contributed by atoms with van der Waals surface area (Å²) in [6, 6.07) is 4.83. The Kier molecular flexibility index (Phi) is 3.38. The lowest BCUT2D eigenvalue weighted by atomic mass is 9.84. The molecule has 0 amide bonds. The Bertz CT molecular complexity index is 405. The van der Waals surface area contributed by atoms with Gasteiger partial charge in [0.2, 0.25) is 0 Å². The normalized spacial score (nSPS) is 13.6. The van der Waals surface area contributed by atoms with Crippen molar-refractivity contribution in [2.45, 2.75) is 39.2 Å². The second-order valence-corrected chi connectivity index (χ2v) is 5.20. The van der Waals surface area contributed by atoms with Crippen LogP contribution in [0.5, 0.6) is 0 Å². The van der Waals surface area contributed by atoms with Crippen LogP contribution < -0.4 is 5.73 Å². The Morgan fingerprint density at radius 1 is 1.31 bits per heavy atom. The molecule has 0 saturated heterocycles. The van der Waals surface area contributed by atoms with Crippen molar-refractivity contribution in [3.05, 3.63) is 34.9 Å². The number of aryl methyl sites for hydroxylation is 1. The maximum atomic E-state index is 10.8. The Morgan fingerprint density at radius 3 is 2.31 bits per heavy atom. The third-order valence-electron chi connectivity index (χ3n) is 2.59. The lowest BCUT2D eigenvalue weighted by Crippen LogP contribution is -2.22. The molecular weight excluding hydrogens is 202 g/mol. The van der Waals surface area contributed by atoms with Gasteiger partial charge in [-0.25, -0.2) is 0 Å². The van der Waals surface area contributed by atoms with Crippen molar-refractivity contribution in [1.29, 1.82) is 0 Å². The summed E-state index contributed by atoms with van der Waals surface area (Å²) >= 11 is 0. The van der Waals surface area contributed by atoms with E-state index >= 15 is 0 Å². The van der Waals surface area contributed by atoms with Crippen LogP contribution in [0.2, 0.25) is 0 Å². The van der Waals surface area contributed by atoms with E-state index < -0.39 is 12.0 Å². The zero-order valence-electron chi connectivity index (χ0n) is 10.2. The van der Waals surface area contributed by atoms with Crippen molar-refractivity contribution in [1.82, 2.24) is 0 Å². The first-order chi connectivity index (χ1) is 7.21. The number of benzene rings is 1. The number of rotatable bonds is 2. The number of carboxylic acids is 1. The highest BCUT2D eigenvalue weighted by Gasteiger charge is 2.19. The van der Waals surface area contributed by atoms with E-state index in [0.717, 1.165) is 11.1 Å². The first kappa shape index (κ1) is 12.7. The summed E-state index contributed by atoms with van der Waals surface area (Å²) < 4.78 is 0. The number of hydrogen-bond acceptors (Lipinski definition) is 2. The largest absolute Gasteiger partial charge is 0.480 e. The second kappa shape index (κ2) is 4.26. The Labute approximate surface area is 96.3 Å². The number of carboxylic acid groups (broad SMARTS) is 1. The van der Waals surface area contributed by atoms with Crippen LogP contribution in [-0.4, -0.2) is 11.1 Å². The quantitative estimate of drug-likeness (QED) is 0.806. The molecule has 0 saturated carbocycles. The zero-order valence-corrected chi connectivity index (χ0v) is 10.2. The predicted octanol–water partition coefficient (Wildman–Crippen LogP) is 2.38. The van der Waals surface area contributed by atoms with Gasteiger partial charge in [-0.05, 0) is 23.5 Å². The summed E-state index contributed by atoms with van der Waals surface area (Å²) in [6.45, 7) is 8.24. The first-order valence-electron chi connectivity index (χ1n) is 5.32. The molecule has 1 atom stereocenters. The minimum Gasteiger partial charge on any atom is -0.480 e. The average molecular weight is 221 g/mol. The van der Waals surface area contributed by atoms with Crippen molar-refractivity contribution in [3.63, 3.8) is 0 Å². The fourth-order valence-corrected chi connectivity index (χ4v) is 1.57. The molecule has 0 aliphatic heterocycles. The third kappa shape index (κ3) is 2.83. The Morgan fingerprint density at radius 2 is 1.88 bits per heavy atom. The molecule has 0 bridgehead atoms. The summed E-state index contributed by atoms with van der Waals surface area (Å²) in [6.07, 6.45) is 0. The van der Waals surface area contributed by atoms with Crippen LogP contribution in [0.3, 0.4) is 0 Å². The lowest BCUT2D eigenvalue weighted by molar-refractivity contribution is -0.138. The van der Waals surface area contributed by atoms with Crippen molar-refractivity contribution in [2.24, 2.45) is 5.73 Å². The minimum atomic E-state index is -0.995. The summed E-state index contributed by atoms with van der Waals surface area (Å²) in [5, 5.41) is 8.90. The molecule has 0 radical (unpaired) electrons. The van der Waals surface area contributed by atoms with Gasteiger partial charge in [-0.1, -0.05) is 44.5 Å². The van der Waals surface area contributed by atoms with Crippen molar-refractivity contribution in [3.8, 4) is 0 Å². The molecule has 1 aromatic carbocycles. The summed E-state index contributed by atoms with van der Waals surface area (Å²) in [7, 11) is 0. The smallest absolute Gasteiger partial charge is 0.325 e. The molecule has 3 N–H and O–H groups in total. The van der Waals surface area contributed by atoms with E-state index in [0.29, 0.717) is 5.56 Å². The van der Waals surface area contributed by atoms with Gasteiger partial charge in [-0.2, -0.15) is 0 Å². The molecule has 1 unspecified atom stereocenters. The van der Waals surface area contributed by atoms with Gasteiger partial charge in [-0.3, -0.25) is 4.79 Å². The van der Waals surface area contributed by atoms with Gasteiger partial charge in [0.1, 0.15) is 6.04 Å². The van der Waals surface area contributed by atoms with E-state index in [1.165, 1.54) is 0 Å².